The molecule has 0 bridgehead atoms. The standard InChI is InChI=1S/C25H22ClNO5S2/c1-16(2)34(30,31)19-7-4-6-17(14-19)32-18-10-11-23(26)22(15-18)20-12-13-27-25-21(20)8-5-9-24(25)33(3,28)29/h4-16H,1-3H3. The molecule has 176 valence electrons. The van der Waals surface area contributed by atoms with Crippen LogP contribution < -0.4 is 4.74 Å². The molecule has 4 rings (SSSR count). The number of aromatic nitrogens is 1. The van der Waals surface area contributed by atoms with Gasteiger partial charge < -0.3 is 4.74 Å². The molecule has 4 aromatic rings. The van der Waals surface area contributed by atoms with E-state index in [2.05, 4.69) is 4.98 Å². The molecule has 0 spiro atoms. The maximum absolute atomic E-state index is 12.5. The quantitative estimate of drug-likeness (QED) is 0.316. The lowest BCUT2D eigenvalue weighted by molar-refractivity contribution is 0.481. The van der Waals surface area contributed by atoms with E-state index in [0.717, 1.165) is 6.26 Å². The van der Waals surface area contributed by atoms with E-state index >= 15 is 0 Å². The molecule has 0 aliphatic heterocycles. The second-order valence-corrected chi connectivity index (χ2v) is 13.0. The first-order valence-electron chi connectivity index (χ1n) is 10.4. The smallest absolute Gasteiger partial charge is 0.180 e. The van der Waals surface area contributed by atoms with Crippen molar-refractivity contribution in [3.05, 3.63) is 77.9 Å². The molecule has 0 fully saturated rings. The SMILES string of the molecule is CC(C)S(=O)(=O)c1cccc(Oc2ccc(Cl)c(-c3ccnc4c(S(C)(=O)=O)cccc34)c2)c1. The zero-order valence-electron chi connectivity index (χ0n) is 18.7. The fourth-order valence-electron chi connectivity index (χ4n) is 3.58. The largest absolute Gasteiger partial charge is 0.457 e. The van der Waals surface area contributed by atoms with Crippen LogP contribution in [0.1, 0.15) is 13.8 Å². The van der Waals surface area contributed by atoms with Gasteiger partial charge in [-0.25, -0.2) is 16.8 Å². The van der Waals surface area contributed by atoms with Crippen molar-refractivity contribution < 1.29 is 21.6 Å². The van der Waals surface area contributed by atoms with Crippen LogP contribution in [-0.2, 0) is 19.7 Å². The minimum atomic E-state index is -3.48. The zero-order valence-corrected chi connectivity index (χ0v) is 21.1. The Morgan fingerprint density at radius 2 is 1.56 bits per heavy atom. The van der Waals surface area contributed by atoms with Crippen LogP contribution >= 0.6 is 11.6 Å². The molecule has 6 nitrogen and oxygen atoms in total. The number of hydrogen-bond acceptors (Lipinski definition) is 6. The average Bonchev–Trinajstić information content (AvgIpc) is 2.79. The van der Waals surface area contributed by atoms with Crippen LogP contribution in [0.15, 0.2) is 82.7 Å². The fraction of sp³-hybridized carbons (Fsp3) is 0.160. The van der Waals surface area contributed by atoms with Gasteiger partial charge in [0.1, 0.15) is 11.5 Å². The molecule has 0 saturated carbocycles. The van der Waals surface area contributed by atoms with Gasteiger partial charge in [0.15, 0.2) is 19.7 Å². The lowest BCUT2D eigenvalue weighted by Gasteiger charge is -2.13. The Morgan fingerprint density at radius 3 is 2.26 bits per heavy atom. The highest BCUT2D eigenvalue weighted by Crippen LogP contribution is 2.38. The lowest BCUT2D eigenvalue weighted by atomic mass is 10.0. The third kappa shape index (κ3) is 4.66. The molecule has 0 saturated heterocycles. The number of nitrogens with zero attached hydrogens (tertiary/aromatic N) is 1. The predicted molar refractivity (Wildman–Crippen MR) is 134 cm³/mol. The van der Waals surface area contributed by atoms with E-state index in [1.165, 1.54) is 24.4 Å². The van der Waals surface area contributed by atoms with E-state index < -0.39 is 24.9 Å². The van der Waals surface area contributed by atoms with Gasteiger partial charge in [0.25, 0.3) is 0 Å². The molecule has 1 aromatic heterocycles. The van der Waals surface area contributed by atoms with Gasteiger partial charge >= 0.3 is 0 Å². The average molecular weight is 516 g/mol. The summed E-state index contributed by atoms with van der Waals surface area (Å²) < 4.78 is 55.5. The summed E-state index contributed by atoms with van der Waals surface area (Å²) in [6, 6.07) is 18.2. The third-order valence-electron chi connectivity index (χ3n) is 5.35. The van der Waals surface area contributed by atoms with E-state index in [1.807, 2.05) is 0 Å². The van der Waals surface area contributed by atoms with Crippen molar-refractivity contribution in [2.24, 2.45) is 0 Å². The maximum Gasteiger partial charge on any atom is 0.180 e. The van der Waals surface area contributed by atoms with Crippen LogP contribution in [-0.4, -0.2) is 33.3 Å². The number of pyridine rings is 1. The second kappa shape index (κ2) is 9.02. The van der Waals surface area contributed by atoms with Gasteiger partial charge in [-0.05, 0) is 67.9 Å². The Hall–Kier alpha value is -2.94. The molecule has 0 aliphatic carbocycles. The van der Waals surface area contributed by atoms with E-state index in [0.29, 0.717) is 38.6 Å². The summed E-state index contributed by atoms with van der Waals surface area (Å²) >= 11 is 6.51. The van der Waals surface area contributed by atoms with Gasteiger partial charge in [-0.3, -0.25) is 4.98 Å². The summed E-state index contributed by atoms with van der Waals surface area (Å²) in [6.07, 6.45) is 2.68. The molecule has 0 unspecified atom stereocenters. The molecule has 0 amide bonds. The summed E-state index contributed by atoms with van der Waals surface area (Å²) in [7, 11) is -6.93. The van der Waals surface area contributed by atoms with Gasteiger partial charge in [0, 0.05) is 28.4 Å². The molecule has 0 atom stereocenters. The fourth-order valence-corrected chi connectivity index (χ4v) is 5.73. The highest BCUT2D eigenvalue weighted by molar-refractivity contribution is 7.92. The molecule has 9 heteroatoms. The monoisotopic (exact) mass is 515 g/mol. The predicted octanol–water partition coefficient (Wildman–Crippen LogP) is 5.93. The van der Waals surface area contributed by atoms with Gasteiger partial charge in [0.2, 0.25) is 0 Å². The van der Waals surface area contributed by atoms with Crippen LogP contribution in [0.25, 0.3) is 22.0 Å². The number of para-hydroxylation sites is 1. The Labute approximate surface area is 204 Å². The normalized spacial score (nSPS) is 12.3. The second-order valence-electron chi connectivity index (χ2n) is 8.10. The van der Waals surface area contributed by atoms with Gasteiger partial charge in [-0.2, -0.15) is 0 Å². The van der Waals surface area contributed by atoms with Crippen molar-refractivity contribution in [2.75, 3.05) is 6.26 Å². The van der Waals surface area contributed by atoms with E-state index in [1.54, 1.807) is 62.4 Å². The number of rotatable bonds is 6. The Balaban J connectivity index is 1.79. The van der Waals surface area contributed by atoms with Crippen molar-refractivity contribution in [1.29, 1.82) is 0 Å². The molecule has 1 heterocycles. The Bertz CT molecular complexity index is 1610. The first-order valence-corrected chi connectivity index (χ1v) is 14.2. The van der Waals surface area contributed by atoms with Crippen molar-refractivity contribution in [3.8, 4) is 22.6 Å². The number of benzene rings is 3. The summed E-state index contributed by atoms with van der Waals surface area (Å²) in [4.78, 5) is 4.61. The first-order chi connectivity index (χ1) is 16.0. The third-order valence-corrected chi connectivity index (χ3v) is 8.96. The summed E-state index contributed by atoms with van der Waals surface area (Å²) in [5.41, 5.74) is 1.68. The molecule has 0 radical (unpaired) electrons. The van der Waals surface area contributed by atoms with Crippen molar-refractivity contribution in [3.63, 3.8) is 0 Å². The molecule has 0 aliphatic rings. The number of hydrogen-bond donors (Lipinski definition) is 0. The number of halogens is 1. The Morgan fingerprint density at radius 1 is 0.853 bits per heavy atom. The van der Waals surface area contributed by atoms with E-state index in [4.69, 9.17) is 16.3 Å². The maximum atomic E-state index is 12.5. The van der Waals surface area contributed by atoms with Crippen LogP contribution in [0.4, 0.5) is 0 Å². The molecule has 0 N–H and O–H groups in total. The van der Waals surface area contributed by atoms with Crippen molar-refractivity contribution >= 4 is 42.2 Å². The minimum Gasteiger partial charge on any atom is -0.457 e. The topological polar surface area (TPSA) is 90.4 Å². The van der Waals surface area contributed by atoms with Crippen LogP contribution in [0, 0.1) is 0 Å². The lowest BCUT2D eigenvalue weighted by Crippen LogP contribution is -2.13. The molecular weight excluding hydrogens is 494 g/mol. The van der Waals surface area contributed by atoms with Crippen molar-refractivity contribution in [1.82, 2.24) is 4.98 Å². The summed E-state index contributed by atoms with van der Waals surface area (Å²) in [5.74, 6) is 0.816. The highest BCUT2D eigenvalue weighted by atomic mass is 35.5. The zero-order chi connectivity index (χ0) is 24.7. The minimum absolute atomic E-state index is 0.138. The summed E-state index contributed by atoms with van der Waals surface area (Å²) in [6.45, 7) is 3.26. The highest BCUT2D eigenvalue weighted by Gasteiger charge is 2.20. The number of ether oxygens (including phenoxy) is 1. The number of sulfone groups is 2. The van der Waals surface area contributed by atoms with Crippen molar-refractivity contribution in [2.45, 2.75) is 28.9 Å². The summed E-state index contributed by atoms with van der Waals surface area (Å²) in [5, 5.41) is 0.525. The van der Waals surface area contributed by atoms with Crippen LogP contribution in [0.5, 0.6) is 11.5 Å². The molecular formula is C25H22ClNO5S2. The van der Waals surface area contributed by atoms with Gasteiger partial charge in [-0.1, -0.05) is 29.8 Å². The van der Waals surface area contributed by atoms with Gasteiger partial charge in [0.05, 0.1) is 20.6 Å². The van der Waals surface area contributed by atoms with Crippen LogP contribution in [0.3, 0.4) is 0 Å². The molecule has 3 aromatic carbocycles. The van der Waals surface area contributed by atoms with E-state index in [9.17, 15) is 16.8 Å². The first kappa shape index (κ1) is 24.2. The molecule has 34 heavy (non-hydrogen) atoms. The van der Waals surface area contributed by atoms with E-state index in [-0.39, 0.29) is 9.79 Å². The van der Waals surface area contributed by atoms with Gasteiger partial charge in [-0.15, -0.1) is 0 Å². The van der Waals surface area contributed by atoms with Crippen LogP contribution in [0.2, 0.25) is 5.02 Å². The number of fused-ring (bicyclic) bond motifs is 1. The Kier molecular flexibility index (Phi) is 6.42.